The first-order valence-corrected chi connectivity index (χ1v) is 7.93. The number of hydrogen-bond acceptors (Lipinski definition) is 3. The summed E-state index contributed by atoms with van der Waals surface area (Å²) in [7, 11) is -3.77. The molecule has 1 rings (SSSR count). The zero-order valence-electron chi connectivity index (χ0n) is 10.5. The molecule has 0 saturated carbocycles. The molecule has 0 aliphatic carbocycles. The van der Waals surface area contributed by atoms with Gasteiger partial charge in [-0.25, -0.2) is 0 Å². The van der Waals surface area contributed by atoms with Crippen LogP contribution in [0.4, 0.5) is 5.69 Å². The maximum Gasteiger partial charge on any atom is 0.264 e. The summed E-state index contributed by atoms with van der Waals surface area (Å²) in [6.07, 6.45) is 4.55. The summed E-state index contributed by atoms with van der Waals surface area (Å²) in [6, 6.07) is 10.0. The number of unbranched alkanes of at least 4 members (excludes halogenated alkanes) is 4. The molecule has 0 fully saturated rings. The van der Waals surface area contributed by atoms with E-state index in [1.165, 1.54) is 0 Å². The molecule has 5 heteroatoms. The predicted octanol–water partition coefficient (Wildman–Crippen LogP) is 2.94. The van der Waals surface area contributed by atoms with Crippen molar-refractivity contribution in [1.29, 1.82) is 0 Å². The van der Waals surface area contributed by atoms with Crippen LogP contribution < -0.4 is 5.32 Å². The fourth-order valence-corrected chi connectivity index (χ4v) is 2.30. The summed E-state index contributed by atoms with van der Waals surface area (Å²) >= 11 is 0. The summed E-state index contributed by atoms with van der Waals surface area (Å²) in [5.74, 6) is -0.116. The van der Waals surface area contributed by atoms with Crippen molar-refractivity contribution in [3.63, 3.8) is 0 Å². The number of para-hydroxylation sites is 1. The topological polar surface area (TPSA) is 66.4 Å². The Morgan fingerprint density at radius 1 is 0.944 bits per heavy atom. The first kappa shape index (κ1) is 15.0. The van der Waals surface area contributed by atoms with E-state index in [9.17, 15) is 8.42 Å². The molecule has 18 heavy (non-hydrogen) atoms. The predicted molar refractivity (Wildman–Crippen MR) is 74.4 cm³/mol. The number of benzene rings is 1. The van der Waals surface area contributed by atoms with Crippen LogP contribution in [0.2, 0.25) is 0 Å². The summed E-state index contributed by atoms with van der Waals surface area (Å²) in [6.45, 7) is 0.933. The van der Waals surface area contributed by atoms with Gasteiger partial charge in [0.05, 0.1) is 5.75 Å². The Morgan fingerprint density at radius 3 is 2.22 bits per heavy atom. The lowest BCUT2D eigenvalue weighted by molar-refractivity contribution is 0.479. The number of anilines is 1. The smallest absolute Gasteiger partial charge is 0.264 e. The molecule has 102 valence electrons. The fourth-order valence-electron chi connectivity index (χ4n) is 1.73. The highest BCUT2D eigenvalue weighted by Gasteiger charge is 2.02. The van der Waals surface area contributed by atoms with E-state index in [1.807, 2.05) is 30.3 Å². The molecule has 0 heterocycles. The van der Waals surface area contributed by atoms with Crippen molar-refractivity contribution < 1.29 is 13.0 Å². The van der Waals surface area contributed by atoms with E-state index in [1.54, 1.807) is 0 Å². The lowest BCUT2D eigenvalue weighted by Crippen LogP contribution is -2.04. The molecule has 0 atom stereocenters. The highest BCUT2D eigenvalue weighted by Crippen LogP contribution is 2.07. The van der Waals surface area contributed by atoms with Crippen molar-refractivity contribution in [2.75, 3.05) is 17.6 Å². The summed E-state index contributed by atoms with van der Waals surface area (Å²) in [5, 5.41) is 3.32. The normalized spacial score (nSPS) is 11.4. The van der Waals surface area contributed by atoms with Gasteiger partial charge in [0.2, 0.25) is 0 Å². The Kier molecular flexibility index (Phi) is 6.75. The quantitative estimate of drug-likeness (QED) is 0.535. The molecule has 0 aliphatic rings. The van der Waals surface area contributed by atoms with Gasteiger partial charge in [0.1, 0.15) is 0 Å². The van der Waals surface area contributed by atoms with Crippen LogP contribution in [0.5, 0.6) is 0 Å². The number of nitrogens with one attached hydrogen (secondary N) is 1. The first-order valence-electron chi connectivity index (χ1n) is 6.32. The largest absolute Gasteiger partial charge is 0.385 e. The van der Waals surface area contributed by atoms with Crippen LogP contribution in [0.15, 0.2) is 30.3 Å². The zero-order chi connectivity index (χ0) is 13.3. The Labute approximate surface area is 109 Å². The van der Waals surface area contributed by atoms with E-state index in [4.69, 9.17) is 4.55 Å². The highest BCUT2D eigenvalue weighted by molar-refractivity contribution is 7.85. The van der Waals surface area contributed by atoms with Crippen LogP contribution >= 0.6 is 0 Å². The second-order valence-corrected chi connectivity index (χ2v) is 5.92. The van der Waals surface area contributed by atoms with Crippen LogP contribution in [0.25, 0.3) is 0 Å². The van der Waals surface area contributed by atoms with Gasteiger partial charge in [-0.2, -0.15) is 8.42 Å². The maximum absolute atomic E-state index is 10.5. The van der Waals surface area contributed by atoms with Gasteiger partial charge >= 0.3 is 0 Å². The molecule has 1 aromatic rings. The van der Waals surface area contributed by atoms with Gasteiger partial charge in [-0.05, 0) is 25.0 Å². The van der Waals surface area contributed by atoms with Crippen LogP contribution in [-0.4, -0.2) is 25.3 Å². The molecular formula is C13H21NO3S. The minimum absolute atomic E-state index is 0.116. The average Bonchev–Trinajstić information content (AvgIpc) is 2.32. The monoisotopic (exact) mass is 271 g/mol. The second-order valence-electron chi connectivity index (χ2n) is 4.35. The van der Waals surface area contributed by atoms with E-state index in [2.05, 4.69) is 5.32 Å². The Morgan fingerprint density at radius 2 is 1.56 bits per heavy atom. The molecular weight excluding hydrogens is 250 g/mol. The van der Waals surface area contributed by atoms with Crippen LogP contribution in [0, 0.1) is 0 Å². The van der Waals surface area contributed by atoms with Crippen LogP contribution in [-0.2, 0) is 10.1 Å². The van der Waals surface area contributed by atoms with E-state index in [0.29, 0.717) is 6.42 Å². The van der Waals surface area contributed by atoms with Gasteiger partial charge in [-0.15, -0.1) is 0 Å². The third kappa shape index (κ3) is 8.08. The third-order valence-electron chi connectivity index (χ3n) is 2.68. The van der Waals surface area contributed by atoms with Gasteiger partial charge in [-0.3, -0.25) is 4.55 Å². The molecule has 0 bridgehead atoms. The third-order valence-corrected chi connectivity index (χ3v) is 3.49. The standard InChI is InChI=1S/C13H21NO3S/c15-18(16,17)12-8-3-1-2-7-11-14-13-9-5-4-6-10-13/h4-6,9-10,14H,1-3,7-8,11-12H2,(H,15,16,17). The van der Waals surface area contributed by atoms with Gasteiger partial charge in [0, 0.05) is 12.2 Å². The van der Waals surface area contributed by atoms with Crippen LogP contribution in [0.3, 0.4) is 0 Å². The lowest BCUT2D eigenvalue weighted by Gasteiger charge is -2.05. The van der Waals surface area contributed by atoms with Gasteiger partial charge in [0.25, 0.3) is 10.1 Å². The molecule has 0 amide bonds. The SMILES string of the molecule is O=S(=O)(O)CCCCCCCNc1ccccc1. The Bertz CT molecular complexity index is 417. The molecule has 4 nitrogen and oxygen atoms in total. The van der Waals surface area contributed by atoms with Gasteiger partial charge in [-0.1, -0.05) is 37.5 Å². The van der Waals surface area contributed by atoms with Crippen molar-refractivity contribution in [2.24, 2.45) is 0 Å². The van der Waals surface area contributed by atoms with Crippen molar-refractivity contribution in [3.05, 3.63) is 30.3 Å². The fraction of sp³-hybridized carbons (Fsp3) is 0.538. The minimum Gasteiger partial charge on any atom is -0.385 e. The van der Waals surface area contributed by atoms with Crippen molar-refractivity contribution >= 4 is 15.8 Å². The Hall–Kier alpha value is -1.07. The molecule has 0 aliphatic heterocycles. The van der Waals surface area contributed by atoms with E-state index in [-0.39, 0.29) is 5.75 Å². The molecule has 0 radical (unpaired) electrons. The van der Waals surface area contributed by atoms with E-state index >= 15 is 0 Å². The summed E-state index contributed by atoms with van der Waals surface area (Å²) < 4.78 is 29.5. The maximum atomic E-state index is 10.5. The van der Waals surface area contributed by atoms with Crippen LogP contribution in [0.1, 0.15) is 32.1 Å². The zero-order valence-corrected chi connectivity index (χ0v) is 11.3. The number of rotatable bonds is 9. The average molecular weight is 271 g/mol. The second kappa shape index (κ2) is 8.11. The van der Waals surface area contributed by atoms with Gasteiger partial charge in [0.15, 0.2) is 0 Å². The molecule has 0 saturated heterocycles. The van der Waals surface area contributed by atoms with E-state index in [0.717, 1.165) is 37.9 Å². The van der Waals surface area contributed by atoms with Crippen molar-refractivity contribution in [3.8, 4) is 0 Å². The molecule has 0 spiro atoms. The summed E-state index contributed by atoms with van der Waals surface area (Å²) in [5.41, 5.74) is 1.13. The first-order chi connectivity index (χ1) is 8.58. The molecule has 2 N–H and O–H groups in total. The Balaban J connectivity index is 1.93. The highest BCUT2D eigenvalue weighted by atomic mass is 32.2. The van der Waals surface area contributed by atoms with Crippen molar-refractivity contribution in [2.45, 2.75) is 32.1 Å². The van der Waals surface area contributed by atoms with E-state index < -0.39 is 10.1 Å². The number of hydrogen-bond donors (Lipinski definition) is 2. The van der Waals surface area contributed by atoms with Crippen molar-refractivity contribution in [1.82, 2.24) is 0 Å². The van der Waals surface area contributed by atoms with Gasteiger partial charge < -0.3 is 5.32 Å². The summed E-state index contributed by atoms with van der Waals surface area (Å²) in [4.78, 5) is 0. The molecule has 0 aromatic heterocycles. The lowest BCUT2D eigenvalue weighted by atomic mass is 10.1. The molecule has 1 aromatic carbocycles. The minimum atomic E-state index is -3.77. The molecule has 0 unspecified atom stereocenters.